The quantitative estimate of drug-likeness (QED) is 0.814. The van der Waals surface area contributed by atoms with Gasteiger partial charge in [-0.25, -0.2) is 4.98 Å². The van der Waals surface area contributed by atoms with Crippen LogP contribution in [0.4, 0.5) is 0 Å². The molecule has 0 saturated heterocycles. The van der Waals surface area contributed by atoms with Crippen LogP contribution < -0.4 is 5.32 Å². The lowest BCUT2D eigenvalue weighted by atomic mass is 10.2. The van der Waals surface area contributed by atoms with Crippen molar-refractivity contribution in [1.82, 2.24) is 10.3 Å². The summed E-state index contributed by atoms with van der Waals surface area (Å²) in [5, 5.41) is 3.87. The number of ether oxygens (including phenoxy) is 1. The van der Waals surface area contributed by atoms with Crippen LogP contribution in [0.15, 0.2) is 33.4 Å². The van der Waals surface area contributed by atoms with E-state index in [4.69, 9.17) is 20.8 Å². The number of oxazole rings is 1. The third-order valence-electron chi connectivity index (χ3n) is 2.51. The highest BCUT2D eigenvalue weighted by atomic mass is 79.9. The van der Waals surface area contributed by atoms with Gasteiger partial charge < -0.3 is 14.5 Å². The average Bonchev–Trinajstić information content (AvgIpc) is 2.87. The van der Waals surface area contributed by atoms with Crippen molar-refractivity contribution in [2.75, 3.05) is 20.3 Å². The molecular formula is C13H14BrClN2O2. The summed E-state index contributed by atoms with van der Waals surface area (Å²) < 4.78 is 11.2. The predicted molar refractivity (Wildman–Crippen MR) is 78.2 cm³/mol. The van der Waals surface area contributed by atoms with Crippen molar-refractivity contribution in [3.63, 3.8) is 0 Å². The first kappa shape index (κ1) is 14.5. The Morgan fingerprint density at radius 3 is 3.05 bits per heavy atom. The largest absolute Gasteiger partial charge is 0.444 e. The highest BCUT2D eigenvalue weighted by Gasteiger charge is 2.08. The Bertz CT molecular complexity index is 545. The molecule has 1 aromatic heterocycles. The molecule has 0 unspecified atom stereocenters. The molecule has 1 N–H and O–H groups in total. The topological polar surface area (TPSA) is 47.3 Å². The smallest absolute Gasteiger partial charge is 0.226 e. The second-order valence-electron chi connectivity index (χ2n) is 3.94. The molecule has 0 aliphatic rings. The van der Waals surface area contributed by atoms with Crippen LogP contribution >= 0.6 is 27.5 Å². The summed E-state index contributed by atoms with van der Waals surface area (Å²) in [5.74, 6) is 0.584. The van der Waals surface area contributed by atoms with Crippen molar-refractivity contribution in [2.24, 2.45) is 0 Å². The number of methoxy groups -OCH3 is 1. The van der Waals surface area contributed by atoms with Crippen LogP contribution in [0.5, 0.6) is 0 Å². The molecular weight excluding hydrogens is 332 g/mol. The van der Waals surface area contributed by atoms with Crippen LogP contribution in [0.1, 0.15) is 5.69 Å². The first-order valence-electron chi connectivity index (χ1n) is 5.80. The maximum atomic E-state index is 5.95. The third kappa shape index (κ3) is 4.04. The van der Waals surface area contributed by atoms with Gasteiger partial charge in [-0.05, 0) is 34.1 Å². The molecule has 0 saturated carbocycles. The van der Waals surface area contributed by atoms with Gasteiger partial charge >= 0.3 is 0 Å². The first-order chi connectivity index (χ1) is 9.20. The van der Waals surface area contributed by atoms with E-state index in [2.05, 4.69) is 26.2 Å². The van der Waals surface area contributed by atoms with Crippen molar-refractivity contribution < 1.29 is 9.15 Å². The van der Waals surface area contributed by atoms with Crippen molar-refractivity contribution in [3.8, 4) is 11.5 Å². The maximum absolute atomic E-state index is 5.95. The van der Waals surface area contributed by atoms with Crippen LogP contribution in [0.2, 0.25) is 5.02 Å². The van der Waals surface area contributed by atoms with E-state index in [1.54, 1.807) is 13.4 Å². The zero-order valence-electron chi connectivity index (χ0n) is 10.5. The normalized spacial score (nSPS) is 10.9. The van der Waals surface area contributed by atoms with Crippen molar-refractivity contribution in [3.05, 3.63) is 39.7 Å². The summed E-state index contributed by atoms with van der Waals surface area (Å²) in [6.45, 7) is 2.11. The molecule has 2 aromatic rings. The van der Waals surface area contributed by atoms with Gasteiger partial charge in [0.1, 0.15) is 6.26 Å². The minimum Gasteiger partial charge on any atom is -0.444 e. The van der Waals surface area contributed by atoms with E-state index in [1.165, 1.54) is 0 Å². The van der Waals surface area contributed by atoms with Crippen molar-refractivity contribution in [2.45, 2.75) is 6.54 Å². The number of rotatable bonds is 6. The summed E-state index contributed by atoms with van der Waals surface area (Å²) in [6, 6.07) is 5.57. The molecule has 0 bridgehead atoms. The Morgan fingerprint density at radius 2 is 2.32 bits per heavy atom. The third-order valence-corrected chi connectivity index (χ3v) is 3.72. The number of nitrogens with one attached hydrogen (secondary N) is 1. The minimum absolute atomic E-state index is 0.584. The molecule has 4 nitrogen and oxygen atoms in total. The predicted octanol–water partition coefficient (Wildman–Crippen LogP) is 3.49. The van der Waals surface area contributed by atoms with Gasteiger partial charge in [0.25, 0.3) is 0 Å². The summed E-state index contributed by atoms with van der Waals surface area (Å²) in [4.78, 5) is 4.42. The lowest BCUT2D eigenvalue weighted by Crippen LogP contribution is -2.18. The summed E-state index contributed by atoms with van der Waals surface area (Å²) in [5.41, 5.74) is 1.75. The molecule has 0 fully saturated rings. The van der Waals surface area contributed by atoms with Crippen LogP contribution in [-0.2, 0) is 11.3 Å². The summed E-state index contributed by atoms with van der Waals surface area (Å²) in [6.07, 6.45) is 1.65. The SMILES string of the molecule is COCCNCc1coc(-c2ccc(Cl)c(Br)c2)n1. The molecule has 0 spiro atoms. The Balaban J connectivity index is 2.01. The zero-order valence-corrected chi connectivity index (χ0v) is 12.8. The average molecular weight is 346 g/mol. The van der Waals surface area contributed by atoms with Crippen molar-refractivity contribution >= 4 is 27.5 Å². The highest BCUT2D eigenvalue weighted by molar-refractivity contribution is 9.10. The van der Waals surface area contributed by atoms with Gasteiger partial charge in [0.15, 0.2) is 0 Å². The zero-order chi connectivity index (χ0) is 13.7. The summed E-state index contributed by atoms with van der Waals surface area (Å²) >= 11 is 9.33. The standard InChI is InChI=1S/C13H14BrClN2O2/c1-18-5-4-16-7-10-8-19-13(17-10)9-2-3-12(15)11(14)6-9/h2-3,6,8,16H,4-5,7H2,1H3. The fraction of sp³-hybridized carbons (Fsp3) is 0.308. The highest BCUT2D eigenvalue weighted by Crippen LogP contribution is 2.28. The van der Waals surface area contributed by atoms with E-state index in [-0.39, 0.29) is 0 Å². The fourth-order valence-corrected chi connectivity index (χ4v) is 2.04. The van der Waals surface area contributed by atoms with Gasteiger partial charge in [0.05, 0.1) is 17.3 Å². The fourth-order valence-electron chi connectivity index (χ4n) is 1.54. The van der Waals surface area contributed by atoms with Gasteiger partial charge in [-0.15, -0.1) is 0 Å². The van der Waals surface area contributed by atoms with Gasteiger partial charge in [-0.3, -0.25) is 0 Å². The number of hydrogen-bond donors (Lipinski definition) is 1. The maximum Gasteiger partial charge on any atom is 0.226 e. The number of nitrogens with zero attached hydrogens (tertiary/aromatic N) is 1. The second-order valence-corrected chi connectivity index (χ2v) is 5.20. The molecule has 0 amide bonds. The molecule has 6 heteroatoms. The molecule has 1 heterocycles. The van der Waals surface area contributed by atoms with E-state index in [1.807, 2.05) is 18.2 Å². The molecule has 0 radical (unpaired) electrons. The molecule has 2 rings (SSSR count). The lowest BCUT2D eigenvalue weighted by Gasteiger charge is -2.00. The van der Waals surface area contributed by atoms with Crippen LogP contribution in [0.3, 0.4) is 0 Å². The van der Waals surface area contributed by atoms with Gasteiger partial charge in [-0.2, -0.15) is 0 Å². The van der Waals surface area contributed by atoms with Crippen LogP contribution in [0.25, 0.3) is 11.5 Å². The van der Waals surface area contributed by atoms with E-state index >= 15 is 0 Å². The number of aromatic nitrogens is 1. The van der Waals surface area contributed by atoms with Gasteiger partial charge in [0, 0.05) is 30.2 Å². The molecule has 0 atom stereocenters. The van der Waals surface area contributed by atoms with E-state index < -0.39 is 0 Å². The second kappa shape index (κ2) is 7.05. The number of halogens is 2. The van der Waals surface area contributed by atoms with Crippen LogP contribution in [-0.4, -0.2) is 25.2 Å². The van der Waals surface area contributed by atoms with Gasteiger partial charge in [0.2, 0.25) is 5.89 Å². The molecule has 102 valence electrons. The Hall–Kier alpha value is -0.880. The first-order valence-corrected chi connectivity index (χ1v) is 6.97. The Kier molecular flexibility index (Phi) is 5.39. The van der Waals surface area contributed by atoms with E-state index in [9.17, 15) is 0 Å². The lowest BCUT2D eigenvalue weighted by molar-refractivity contribution is 0.199. The Labute approximate surface area is 125 Å². The summed E-state index contributed by atoms with van der Waals surface area (Å²) in [7, 11) is 1.67. The van der Waals surface area contributed by atoms with Gasteiger partial charge in [-0.1, -0.05) is 11.6 Å². The van der Waals surface area contributed by atoms with E-state index in [0.29, 0.717) is 24.1 Å². The molecule has 19 heavy (non-hydrogen) atoms. The number of hydrogen-bond acceptors (Lipinski definition) is 4. The molecule has 0 aliphatic carbocycles. The van der Waals surface area contributed by atoms with Crippen LogP contribution in [0, 0.1) is 0 Å². The van der Waals surface area contributed by atoms with Crippen molar-refractivity contribution in [1.29, 1.82) is 0 Å². The molecule has 0 aliphatic heterocycles. The molecule has 1 aromatic carbocycles. The van der Waals surface area contributed by atoms with E-state index in [0.717, 1.165) is 22.3 Å². The minimum atomic E-state index is 0.584. The Morgan fingerprint density at radius 1 is 1.47 bits per heavy atom. The number of benzene rings is 1. The monoisotopic (exact) mass is 344 g/mol.